The quantitative estimate of drug-likeness (QED) is 0.511. The minimum absolute atomic E-state index is 0.161. The van der Waals surface area contributed by atoms with Crippen molar-refractivity contribution in [3.63, 3.8) is 0 Å². The molecule has 0 aliphatic carbocycles. The van der Waals surface area contributed by atoms with Crippen molar-refractivity contribution in [3.8, 4) is 5.75 Å². The molecular formula is C22H27ClN4O4. The first-order valence-electron chi connectivity index (χ1n) is 10.2. The van der Waals surface area contributed by atoms with Gasteiger partial charge >= 0.3 is 0 Å². The summed E-state index contributed by atoms with van der Waals surface area (Å²) in [6.45, 7) is 6.98. The molecule has 31 heavy (non-hydrogen) atoms. The van der Waals surface area contributed by atoms with E-state index in [1.54, 1.807) is 6.07 Å². The summed E-state index contributed by atoms with van der Waals surface area (Å²) in [6, 6.07) is 12.0. The van der Waals surface area contributed by atoms with Crippen molar-refractivity contribution in [2.45, 2.75) is 25.9 Å². The summed E-state index contributed by atoms with van der Waals surface area (Å²) in [4.78, 5) is 28.0. The molecule has 3 rings (SSSR count). The van der Waals surface area contributed by atoms with Gasteiger partial charge in [0.25, 0.3) is 5.69 Å². The molecule has 0 saturated carbocycles. The summed E-state index contributed by atoms with van der Waals surface area (Å²) < 4.78 is 5.04. The molecular weight excluding hydrogens is 420 g/mol. The number of nitro groups is 1. The van der Waals surface area contributed by atoms with Crippen LogP contribution < -0.4 is 10.1 Å². The Morgan fingerprint density at radius 3 is 2.39 bits per heavy atom. The van der Waals surface area contributed by atoms with Crippen molar-refractivity contribution in [2.24, 2.45) is 0 Å². The van der Waals surface area contributed by atoms with Crippen LogP contribution in [-0.4, -0.2) is 60.0 Å². The fourth-order valence-electron chi connectivity index (χ4n) is 3.82. The van der Waals surface area contributed by atoms with Gasteiger partial charge in [0.2, 0.25) is 5.91 Å². The Morgan fingerprint density at radius 2 is 1.77 bits per heavy atom. The Labute approximate surface area is 186 Å². The molecule has 1 saturated heterocycles. The summed E-state index contributed by atoms with van der Waals surface area (Å²) in [6.07, 6.45) is 0. The van der Waals surface area contributed by atoms with Crippen molar-refractivity contribution in [3.05, 3.63) is 63.2 Å². The molecule has 1 fully saturated rings. The zero-order chi connectivity index (χ0) is 22.5. The minimum atomic E-state index is -0.530. The van der Waals surface area contributed by atoms with Crippen LogP contribution in [0.15, 0.2) is 42.5 Å². The highest BCUT2D eigenvalue weighted by molar-refractivity contribution is 6.31. The molecule has 2 atom stereocenters. The standard InChI is InChI=1S/C22H27ClN4O4/c1-15(18-6-4-5-7-19(18)23)25-10-12-26(13-11-25)16(2)22(28)24-20-9-8-17(31-3)14-21(20)27(29)30/h4-9,14-16H,10-13H2,1-3H3,(H,24,28). The zero-order valence-electron chi connectivity index (χ0n) is 17.9. The molecule has 9 heteroatoms. The number of carbonyl (C=O) groups is 1. The molecule has 2 aromatic carbocycles. The highest BCUT2D eigenvalue weighted by Crippen LogP contribution is 2.30. The van der Waals surface area contributed by atoms with Crippen LogP contribution in [0.3, 0.4) is 0 Å². The molecule has 2 unspecified atom stereocenters. The van der Waals surface area contributed by atoms with Crippen molar-refractivity contribution in [1.82, 2.24) is 9.80 Å². The molecule has 0 spiro atoms. The van der Waals surface area contributed by atoms with Crippen LogP contribution in [0.2, 0.25) is 5.02 Å². The lowest BCUT2D eigenvalue weighted by Gasteiger charge is -2.40. The number of hydrogen-bond donors (Lipinski definition) is 1. The molecule has 0 bridgehead atoms. The second-order valence-corrected chi connectivity index (χ2v) is 7.98. The normalized spacial score (nSPS) is 17.0. The third-order valence-corrected chi connectivity index (χ3v) is 6.18. The molecule has 166 valence electrons. The number of amides is 1. The number of rotatable bonds is 7. The van der Waals surface area contributed by atoms with Crippen molar-refractivity contribution in [1.29, 1.82) is 0 Å². The first-order valence-corrected chi connectivity index (χ1v) is 10.6. The number of hydrogen-bond acceptors (Lipinski definition) is 6. The first-order chi connectivity index (χ1) is 14.8. The average Bonchev–Trinajstić information content (AvgIpc) is 2.78. The number of nitrogens with zero attached hydrogens (tertiary/aromatic N) is 3. The van der Waals surface area contributed by atoms with Gasteiger partial charge in [-0.3, -0.25) is 24.7 Å². The maximum atomic E-state index is 12.8. The highest BCUT2D eigenvalue weighted by Gasteiger charge is 2.29. The van der Waals surface area contributed by atoms with Gasteiger partial charge in [-0.25, -0.2) is 0 Å². The Hall–Kier alpha value is -2.68. The van der Waals surface area contributed by atoms with E-state index in [1.165, 1.54) is 19.2 Å². The molecule has 1 aliphatic heterocycles. The maximum absolute atomic E-state index is 12.8. The lowest BCUT2D eigenvalue weighted by molar-refractivity contribution is -0.384. The molecule has 1 aliphatic rings. The van der Waals surface area contributed by atoms with Gasteiger partial charge in [-0.15, -0.1) is 0 Å². The first kappa shape index (κ1) is 23.0. The van der Waals surface area contributed by atoms with Gasteiger partial charge in [0.1, 0.15) is 11.4 Å². The van der Waals surface area contributed by atoms with Crippen LogP contribution in [0.5, 0.6) is 5.75 Å². The fourth-order valence-corrected chi connectivity index (χ4v) is 4.11. The predicted molar refractivity (Wildman–Crippen MR) is 121 cm³/mol. The second kappa shape index (κ2) is 10.1. The fraction of sp³-hybridized carbons (Fsp3) is 0.409. The number of ether oxygens (including phenoxy) is 1. The number of benzene rings is 2. The number of methoxy groups -OCH3 is 1. The van der Waals surface area contributed by atoms with Crippen molar-refractivity contribution >= 4 is 28.9 Å². The van der Waals surface area contributed by atoms with Gasteiger partial charge in [0.05, 0.1) is 24.1 Å². The number of anilines is 1. The molecule has 1 N–H and O–H groups in total. The van der Waals surface area contributed by atoms with E-state index >= 15 is 0 Å². The third-order valence-electron chi connectivity index (χ3n) is 5.84. The van der Waals surface area contributed by atoms with Crippen LogP contribution in [0, 0.1) is 10.1 Å². The Balaban J connectivity index is 1.61. The summed E-state index contributed by atoms with van der Waals surface area (Å²) >= 11 is 6.34. The van der Waals surface area contributed by atoms with E-state index in [4.69, 9.17) is 16.3 Å². The molecule has 1 heterocycles. The van der Waals surface area contributed by atoms with E-state index in [1.807, 2.05) is 31.2 Å². The van der Waals surface area contributed by atoms with Crippen molar-refractivity contribution in [2.75, 3.05) is 38.6 Å². The molecule has 8 nitrogen and oxygen atoms in total. The number of nitrogens with one attached hydrogen (secondary N) is 1. The lowest BCUT2D eigenvalue weighted by Crippen LogP contribution is -2.53. The van der Waals surface area contributed by atoms with E-state index in [2.05, 4.69) is 22.0 Å². The summed E-state index contributed by atoms with van der Waals surface area (Å²) in [5.41, 5.74) is 1.06. The topological polar surface area (TPSA) is 88.0 Å². The van der Waals surface area contributed by atoms with Crippen LogP contribution in [0.1, 0.15) is 25.5 Å². The van der Waals surface area contributed by atoms with Gasteiger partial charge in [0.15, 0.2) is 0 Å². The predicted octanol–water partition coefficient (Wildman–Crippen LogP) is 3.96. The van der Waals surface area contributed by atoms with Crippen molar-refractivity contribution < 1.29 is 14.5 Å². The number of nitro benzene ring substituents is 1. The molecule has 0 radical (unpaired) electrons. The number of carbonyl (C=O) groups excluding carboxylic acids is 1. The smallest absolute Gasteiger partial charge is 0.296 e. The Morgan fingerprint density at radius 1 is 1.13 bits per heavy atom. The molecule has 2 aromatic rings. The largest absolute Gasteiger partial charge is 0.496 e. The SMILES string of the molecule is COc1ccc(NC(=O)C(C)N2CCN(C(C)c3ccccc3Cl)CC2)c([N+](=O)[O-])c1. The monoisotopic (exact) mass is 446 g/mol. The second-order valence-electron chi connectivity index (χ2n) is 7.57. The minimum Gasteiger partial charge on any atom is -0.496 e. The van der Waals surface area contributed by atoms with Crippen LogP contribution in [0.4, 0.5) is 11.4 Å². The van der Waals surface area contributed by atoms with E-state index in [-0.39, 0.29) is 23.3 Å². The zero-order valence-corrected chi connectivity index (χ0v) is 18.6. The van der Waals surface area contributed by atoms with Gasteiger partial charge < -0.3 is 10.1 Å². The van der Waals surface area contributed by atoms with Gasteiger partial charge in [-0.2, -0.15) is 0 Å². The summed E-state index contributed by atoms with van der Waals surface area (Å²) in [7, 11) is 1.44. The highest BCUT2D eigenvalue weighted by atomic mass is 35.5. The summed E-state index contributed by atoms with van der Waals surface area (Å²) in [5.74, 6) is 0.0855. The van der Waals surface area contributed by atoms with Crippen LogP contribution in [-0.2, 0) is 4.79 Å². The average molecular weight is 447 g/mol. The number of halogens is 1. The van der Waals surface area contributed by atoms with E-state index in [0.29, 0.717) is 18.8 Å². The number of piperazine rings is 1. The van der Waals surface area contributed by atoms with Gasteiger partial charge in [-0.1, -0.05) is 29.8 Å². The summed E-state index contributed by atoms with van der Waals surface area (Å²) in [5, 5.41) is 14.8. The lowest BCUT2D eigenvalue weighted by atomic mass is 10.1. The molecule has 0 aromatic heterocycles. The Kier molecular flexibility index (Phi) is 7.48. The van der Waals surface area contributed by atoms with Crippen LogP contribution >= 0.6 is 11.6 Å². The van der Waals surface area contributed by atoms with E-state index in [0.717, 1.165) is 23.7 Å². The van der Waals surface area contributed by atoms with E-state index in [9.17, 15) is 14.9 Å². The Bertz CT molecular complexity index is 947. The van der Waals surface area contributed by atoms with E-state index < -0.39 is 11.0 Å². The third kappa shape index (κ3) is 5.33. The van der Waals surface area contributed by atoms with Gasteiger partial charge in [0, 0.05) is 37.2 Å². The van der Waals surface area contributed by atoms with Crippen LogP contribution in [0.25, 0.3) is 0 Å². The maximum Gasteiger partial charge on any atom is 0.296 e. The molecule has 1 amide bonds. The van der Waals surface area contributed by atoms with Gasteiger partial charge in [-0.05, 0) is 37.6 Å².